The van der Waals surface area contributed by atoms with Crippen molar-refractivity contribution in [2.75, 3.05) is 5.73 Å². The van der Waals surface area contributed by atoms with Crippen LogP contribution in [0.25, 0.3) is 10.4 Å². The molecule has 98 valence electrons. The molecule has 2 rings (SSSR count). The summed E-state index contributed by atoms with van der Waals surface area (Å²) >= 11 is 1.21. The number of amides is 1. The zero-order chi connectivity index (χ0) is 14.2. The van der Waals surface area contributed by atoms with Gasteiger partial charge in [0.2, 0.25) is 0 Å². The summed E-state index contributed by atoms with van der Waals surface area (Å²) in [7, 11) is 0. The van der Waals surface area contributed by atoms with Crippen LogP contribution >= 0.6 is 11.3 Å². The second-order valence-electron chi connectivity index (χ2n) is 4.04. The van der Waals surface area contributed by atoms with Crippen molar-refractivity contribution in [1.82, 2.24) is 0 Å². The number of hydrogen-bond donors (Lipinski definition) is 3. The molecule has 5 nitrogen and oxygen atoms in total. The number of primary amides is 1. The highest BCUT2D eigenvalue weighted by atomic mass is 32.1. The molecular weight excluding hydrogens is 264 g/mol. The number of phenols is 1. The van der Waals surface area contributed by atoms with E-state index < -0.39 is 5.91 Å². The molecule has 0 aliphatic carbocycles. The normalized spacial score (nSPS) is 10.4. The van der Waals surface area contributed by atoms with E-state index in [-0.39, 0.29) is 22.7 Å². The number of phenolic OH excluding ortho intramolecular Hbond substituents is 1. The van der Waals surface area contributed by atoms with Gasteiger partial charge in [-0.05, 0) is 36.8 Å². The molecule has 0 unspecified atom stereocenters. The van der Waals surface area contributed by atoms with Crippen LogP contribution in [-0.2, 0) is 0 Å². The molecule has 0 saturated heterocycles. The molecule has 0 bridgehead atoms. The number of carbonyl (C=O) groups excluding carboxylic acids is 2. The zero-order valence-electron chi connectivity index (χ0n) is 10.1. The van der Waals surface area contributed by atoms with Crippen LogP contribution < -0.4 is 11.5 Å². The highest BCUT2D eigenvalue weighted by Gasteiger charge is 2.14. The highest BCUT2D eigenvalue weighted by Crippen LogP contribution is 2.35. The lowest BCUT2D eigenvalue weighted by molar-refractivity contribution is 0.0996. The summed E-state index contributed by atoms with van der Waals surface area (Å²) in [5.74, 6) is -0.902. The average molecular weight is 276 g/mol. The minimum absolute atomic E-state index is 0.0732. The van der Waals surface area contributed by atoms with E-state index in [9.17, 15) is 14.7 Å². The van der Waals surface area contributed by atoms with Crippen molar-refractivity contribution >= 4 is 28.0 Å². The van der Waals surface area contributed by atoms with E-state index in [1.807, 2.05) is 0 Å². The molecule has 2 aromatic rings. The number of thiophene rings is 1. The van der Waals surface area contributed by atoms with Gasteiger partial charge in [0.15, 0.2) is 5.78 Å². The third-order valence-corrected chi connectivity index (χ3v) is 3.70. The van der Waals surface area contributed by atoms with E-state index in [2.05, 4.69) is 0 Å². The van der Waals surface area contributed by atoms with Crippen LogP contribution in [0.4, 0.5) is 5.00 Å². The van der Waals surface area contributed by atoms with Crippen molar-refractivity contribution in [3.05, 3.63) is 35.4 Å². The largest absolute Gasteiger partial charge is 0.507 e. The second kappa shape index (κ2) is 4.74. The van der Waals surface area contributed by atoms with Crippen LogP contribution in [0.3, 0.4) is 0 Å². The number of rotatable bonds is 3. The first-order valence-electron chi connectivity index (χ1n) is 5.43. The number of benzene rings is 1. The van der Waals surface area contributed by atoms with Gasteiger partial charge in [0.05, 0.1) is 16.1 Å². The molecule has 0 radical (unpaired) electrons. The molecule has 5 N–H and O–H groups in total. The van der Waals surface area contributed by atoms with E-state index in [1.54, 1.807) is 18.2 Å². The van der Waals surface area contributed by atoms with Gasteiger partial charge in [0, 0.05) is 4.88 Å². The number of carbonyl (C=O) groups is 2. The molecule has 0 spiro atoms. The number of aromatic hydroxyl groups is 1. The van der Waals surface area contributed by atoms with Gasteiger partial charge in [-0.3, -0.25) is 9.59 Å². The number of nitrogen functional groups attached to an aromatic ring is 1. The van der Waals surface area contributed by atoms with Gasteiger partial charge in [-0.15, -0.1) is 11.3 Å². The Hall–Kier alpha value is -2.34. The highest BCUT2D eigenvalue weighted by molar-refractivity contribution is 7.19. The average Bonchev–Trinajstić information content (AvgIpc) is 2.71. The van der Waals surface area contributed by atoms with Gasteiger partial charge >= 0.3 is 0 Å². The molecule has 1 aromatic heterocycles. The van der Waals surface area contributed by atoms with Crippen molar-refractivity contribution in [3.8, 4) is 16.2 Å². The van der Waals surface area contributed by atoms with Crippen LogP contribution in [-0.4, -0.2) is 16.8 Å². The number of Topliss-reactive ketones (excluding diaryl/α,β-unsaturated/α-hetero) is 1. The lowest BCUT2D eigenvalue weighted by Crippen LogP contribution is -2.11. The Kier molecular flexibility index (Phi) is 3.26. The first kappa shape index (κ1) is 13.1. The molecule has 1 amide bonds. The van der Waals surface area contributed by atoms with E-state index >= 15 is 0 Å². The smallest absolute Gasteiger partial charge is 0.251 e. The maximum Gasteiger partial charge on any atom is 0.251 e. The first-order valence-corrected chi connectivity index (χ1v) is 6.25. The lowest BCUT2D eigenvalue weighted by atomic mass is 10.1. The standard InChI is InChI=1S/C13H12N2O3S/c1-6(16)8-4-7(2-3-10(8)17)11-5-9(12(14)18)13(15)19-11/h2-5,17H,15H2,1H3,(H2,14,18). The molecule has 19 heavy (non-hydrogen) atoms. The number of anilines is 1. The summed E-state index contributed by atoms with van der Waals surface area (Å²) in [6.45, 7) is 1.37. The number of nitrogens with two attached hydrogens (primary N) is 2. The molecule has 1 heterocycles. The van der Waals surface area contributed by atoms with Crippen LogP contribution in [0, 0.1) is 0 Å². The van der Waals surface area contributed by atoms with Gasteiger partial charge in [0.25, 0.3) is 5.91 Å². The first-order chi connectivity index (χ1) is 8.90. The van der Waals surface area contributed by atoms with Gasteiger partial charge in [0.1, 0.15) is 5.75 Å². The van der Waals surface area contributed by atoms with Gasteiger partial charge in [-0.2, -0.15) is 0 Å². The Labute approximate surface area is 113 Å². The molecular formula is C13H12N2O3S. The Morgan fingerprint density at radius 1 is 1.21 bits per heavy atom. The fourth-order valence-electron chi connectivity index (χ4n) is 1.71. The summed E-state index contributed by atoms with van der Waals surface area (Å²) in [6, 6.07) is 6.23. The van der Waals surface area contributed by atoms with Crippen molar-refractivity contribution < 1.29 is 14.7 Å². The molecule has 0 aliphatic rings. The van der Waals surface area contributed by atoms with Crippen molar-refractivity contribution in [2.24, 2.45) is 5.73 Å². The van der Waals surface area contributed by atoms with E-state index in [1.165, 1.54) is 24.3 Å². The summed E-state index contributed by atoms with van der Waals surface area (Å²) in [5.41, 5.74) is 12.1. The summed E-state index contributed by atoms with van der Waals surface area (Å²) in [6.07, 6.45) is 0. The summed E-state index contributed by atoms with van der Waals surface area (Å²) < 4.78 is 0. The fourth-order valence-corrected chi connectivity index (χ4v) is 2.64. The molecule has 0 aliphatic heterocycles. The third kappa shape index (κ3) is 2.43. The van der Waals surface area contributed by atoms with Gasteiger partial charge in [-0.25, -0.2) is 0 Å². The SMILES string of the molecule is CC(=O)c1cc(-c2cc(C(N)=O)c(N)s2)ccc1O. The Bertz CT molecular complexity index is 677. The monoisotopic (exact) mass is 276 g/mol. The van der Waals surface area contributed by atoms with Crippen molar-refractivity contribution in [3.63, 3.8) is 0 Å². The number of hydrogen-bond acceptors (Lipinski definition) is 5. The van der Waals surface area contributed by atoms with E-state index in [4.69, 9.17) is 11.5 Å². The second-order valence-corrected chi connectivity index (χ2v) is 5.12. The van der Waals surface area contributed by atoms with Crippen LogP contribution in [0.2, 0.25) is 0 Å². The number of ketones is 1. The van der Waals surface area contributed by atoms with Crippen LogP contribution in [0.15, 0.2) is 24.3 Å². The summed E-state index contributed by atoms with van der Waals surface area (Å²) in [5, 5.41) is 9.92. The fraction of sp³-hybridized carbons (Fsp3) is 0.0769. The van der Waals surface area contributed by atoms with Gasteiger partial charge in [-0.1, -0.05) is 0 Å². The Balaban J connectivity index is 2.53. The minimum atomic E-state index is -0.592. The molecule has 0 fully saturated rings. The molecule has 0 atom stereocenters. The quantitative estimate of drug-likeness (QED) is 0.745. The van der Waals surface area contributed by atoms with E-state index in [0.717, 1.165) is 0 Å². The summed E-state index contributed by atoms with van der Waals surface area (Å²) in [4.78, 5) is 23.2. The van der Waals surface area contributed by atoms with Crippen LogP contribution in [0.5, 0.6) is 5.75 Å². The predicted octanol–water partition coefficient (Wildman–Crippen LogP) is 2.00. The van der Waals surface area contributed by atoms with Crippen molar-refractivity contribution in [2.45, 2.75) is 6.92 Å². The Morgan fingerprint density at radius 2 is 1.89 bits per heavy atom. The minimum Gasteiger partial charge on any atom is -0.507 e. The molecule has 0 saturated carbocycles. The van der Waals surface area contributed by atoms with Gasteiger partial charge < -0.3 is 16.6 Å². The molecule has 6 heteroatoms. The Morgan fingerprint density at radius 3 is 2.42 bits per heavy atom. The maximum atomic E-state index is 11.4. The maximum absolute atomic E-state index is 11.4. The van der Waals surface area contributed by atoms with E-state index in [0.29, 0.717) is 15.4 Å². The van der Waals surface area contributed by atoms with Crippen LogP contribution in [0.1, 0.15) is 27.6 Å². The van der Waals surface area contributed by atoms with Crippen molar-refractivity contribution in [1.29, 1.82) is 0 Å². The predicted molar refractivity (Wildman–Crippen MR) is 74.4 cm³/mol. The molecule has 1 aromatic carbocycles. The lowest BCUT2D eigenvalue weighted by Gasteiger charge is -2.03. The topological polar surface area (TPSA) is 106 Å². The zero-order valence-corrected chi connectivity index (χ0v) is 11.0. The third-order valence-electron chi connectivity index (χ3n) is 2.69.